The Morgan fingerprint density at radius 1 is 0.518 bits per heavy atom. The Morgan fingerprint density at radius 3 is 1.89 bits per heavy atom. The fourth-order valence-electron chi connectivity index (χ4n) is 13.7. The highest BCUT2D eigenvalue weighted by molar-refractivity contribution is 7.99. The molecule has 278 valence electrons. The van der Waals surface area contributed by atoms with Crippen molar-refractivity contribution in [1.29, 1.82) is 0 Å². The lowest BCUT2D eigenvalue weighted by Gasteiger charge is -2.78. The summed E-state index contributed by atoms with van der Waals surface area (Å²) >= 11 is 2.04. The number of hydrogen-bond donors (Lipinski definition) is 0. The largest absolute Gasteiger partial charge is 0.309 e. The molecule has 2 heteroatoms. The van der Waals surface area contributed by atoms with E-state index in [4.69, 9.17) is 0 Å². The first-order valence-electron chi connectivity index (χ1n) is 21.3. The Kier molecular flexibility index (Phi) is 6.92. The van der Waals surface area contributed by atoms with E-state index in [1.165, 1.54) is 98.8 Å². The van der Waals surface area contributed by atoms with Crippen LogP contribution in [0.4, 0.5) is 17.1 Å². The van der Waals surface area contributed by atoms with Crippen molar-refractivity contribution in [2.75, 3.05) is 4.90 Å². The molecule has 5 aliphatic carbocycles. The van der Waals surface area contributed by atoms with E-state index in [0.29, 0.717) is 5.41 Å². The van der Waals surface area contributed by atoms with Gasteiger partial charge >= 0.3 is 0 Å². The maximum Gasteiger partial charge on any atom is 0.0604 e. The zero-order valence-corrected chi connectivity index (χ0v) is 34.0. The molecule has 1 heterocycles. The number of benzene rings is 6. The highest BCUT2D eigenvalue weighted by Crippen LogP contribution is 2.89. The maximum atomic E-state index is 2.63. The fraction of sp³-hybridized carbons (Fsp3) is 0.333. The van der Waals surface area contributed by atoms with Crippen molar-refractivity contribution in [2.24, 2.45) is 29.1 Å². The van der Waals surface area contributed by atoms with Gasteiger partial charge in [-0.2, -0.15) is 0 Å². The highest BCUT2D eigenvalue weighted by atomic mass is 32.2. The monoisotopic (exact) mass is 745 g/mol. The third kappa shape index (κ3) is 4.35. The summed E-state index contributed by atoms with van der Waals surface area (Å²) in [7, 11) is 0. The molecule has 0 N–H and O–H groups in total. The molecular weight excluding hydrogens is 695 g/mol. The topological polar surface area (TPSA) is 3.24 Å². The molecule has 6 aromatic rings. The fourth-order valence-corrected chi connectivity index (χ4v) is 15.0. The average molecular weight is 746 g/mol. The molecule has 0 aromatic heterocycles. The summed E-state index contributed by atoms with van der Waals surface area (Å²) in [5, 5.41) is 0. The SMILES string of the molecule is CC1(C)CCC(C)(C)c2cc(N(c3ccc(-c4ccccc4)cc3)c3cccc4c3Sc3ccc(-c5ccccc5)cc3C43C4CC5CC6CC3C64C5)ccc21. The van der Waals surface area contributed by atoms with Gasteiger partial charge in [0.05, 0.1) is 5.69 Å². The molecule has 0 saturated heterocycles. The molecule has 6 aliphatic rings. The maximum absolute atomic E-state index is 2.63. The van der Waals surface area contributed by atoms with Gasteiger partial charge in [-0.15, -0.1) is 0 Å². The predicted molar refractivity (Wildman–Crippen MR) is 233 cm³/mol. The van der Waals surface area contributed by atoms with E-state index in [1.807, 2.05) is 11.8 Å². The minimum atomic E-state index is 0.0765. The highest BCUT2D eigenvalue weighted by Gasteiger charge is 2.84. The second-order valence-corrected chi connectivity index (χ2v) is 20.7. The van der Waals surface area contributed by atoms with Gasteiger partial charge in [0.25, 0.3) is 0 Å². The molecule has 0 amide bonds. The number of anilines is 3. The van der Waals surface area contributed by atoms with Crippen LogP contribution in [0.25, 0.3) is 22.3 Å². The first kappa shape index (κ1) is 33.6. The summed E-state index contributed by atoms with van der Waals surface area (Å²) in [5.74, 6) is 3.34. The summed E-state index contributed by atoms with van der Waals surface area (Å²) in [5.41, 5.74) is 16.2. The second kappa shape index (κ2) is 11.5. The van der Waals surface area contributed by atoms with Crippen molar-refractivity contribution in [3.05, 3.63) is 162 Å². The van der Waals surface area contributed by atoms with E-state index in [-0.39, 0.29) is 16.2 Å². The van der Waals surface area contributed by atoms with Crippen LogP contribution >= 0.6 is 11.8 Å². The van der Waals surface area contributed by atoms with Gasteiger partial charge in [0, 0.05) is 26.6 Å². The normalized spacial score (nSPS) is 29.0. The van der Waals surface area contributed by atoms with Crippen LogP contribution in [0.3, 0.4) is 0 Å². The molecule has 2 spiro atoms. The van der Waals surface area contributed by atoms with Crippen LogP contribution in [0, 0.1) is 29.1 Å². The van der Waals surface area contributed by atoms with E-state index in [1.54, 1.807) is 11.1 Å². The minimum Gasteiger partial charge on any atom is -0.309 e. The molecule has 56 heavy (non-hydrogen) atoms. The van der Waals surface area contributed by atoms with Crippen molar-refractivity contribution < 1.29 is 0 Å². The number of fused-ring (bicyclic) bond motifs is 8. The van der Waals surface area contributed by atoms with Gasteiger partial charge in [0.1, 0.15) is 0 Å². The third-order valence-electron chi connectivity index (χ3n) is 16.3. The molecule has 1 aliphatic heterocycles. The van der Waals surface area contributed by atoms with Gasteiger partial charge in [0.2, 0.25) is 0 Å². The van der Waals surface area contributed by atoms with E-state index in [9.17, 15) is 0 Å². The molecular formula is C54H51NS. The van der Waals surface area contributed by atoms with Gasteiger partial charge in [-0.3, -0.25) is 0 Å². The third-order valence-corrected chi connectivity index (χ3v) is 17.5. The van der Waals surface area contributed by atoms with Crippen LogP contribution in [0.2, 0.25) is 0 Å². The first-order valence-corrected chi connectivity index (χ1v) is 22.1. The summed E-state index contributed by atoms with van der Waals surface area (Å²) in [6.45, 7) is 9.80. The number of hydrogen-bond acceptors (Lipinski definition) is 2. The van der Waals surface area contributed by atoms with Gasteiger partial charge in [-0.1, -0.05) is 137 Å². The van der Waals surface area contributed by atoms with Gasteiger partial charge < -0.3 is 4.90 Å². The molecule has 4 fully saturated rings. The average Bonchev–Trinajstić information content (AvgIpc) is 3.76. The Labute approximate surface area is 337 Å². The van der Waals surface area contributed by atoms with Crippen LogP contribution in [-0.4, -0.2) is 0 Å². The van der Waals surface area contributed by atoms with Gasteiger partial charge in [-0.25, -0.2) is 0 Å². The quantitative estimate of drug-likeness (QED) is 0.173. The Balaban J connectivity index is 1.07. The van der Waals surface area contributed by atoms with Crippen molar-refractivity contribution in [2.45, 2.75) is 92.3 Å². The molecule has 6 atom stereocenters. The summed E-state index contributed by atoms with van der Waals surface area (Å²) in [6, 6.07) is 53.7. The Bertz CT molecular complexity index is 2550. The molecule has 1 nitrogen and oxygen atoms in total. The standard InChI is InChI=1S/C54H51NS/c1-51(2)26-27-52(3,4)44-32-41(23-24-42(44)51)55(40-21-18-37(19-22-40)35-12-7-5-8-13-35)46-17-11-16-43-50(46)56-47-25-20-38(36-14-9-6-10-15-36)30-45(47)54(43)48-29-34-28-39-31-49(54)53(39,48)33-34/h5-25,30,32,34,39,48-49H,26-29,31,33H2,1-4H3. The van der Waals surface area contributed by atoms with Crippen LogP contribution in [0.5, 0.6) is 0 Å². The van der Waals surface area contributed by atoms with Crippen LogP contribution in [0.1, 0.15) is 88.5 Å². The predicted octanol–water partition coefficient (Wildman–Crippen LogP) is 14.7. The molecule has 2 bridgehead atoms. The van der Waals surface area contributed by atoms with Gasteiger partial charge in [-0.05, 0) is 165 Å². The lowest BCUT2D eigenvalue weighted by molar-refractivity contribution is -0.235. The second-order valence-electron chi connectivity index (χ2n) is 19.6. The minimum absolute atomic E-state index is 0.0765. The number of nitrogens with zero attached hydrogens (tertiary/aromatic N) is 1. The zero-order chi connectivity index (χ0) is 37.6. The van der Waals surface area contributed by atoms with E-state index in [2.05, 4.69) is 172 Å². The summed E-state index contributed by atoms with van der Waals surface area (Å²) < 4.78 is 0. The lowest BCUT2D eigenvalue weighted by atomic mass is 9.26. The van der Waals surface area contributed by atoms with Gasteiger partial charge in [0.15, 0.2) is 0 Å². The zero-order valence-electron chi connectivity index (χ0n) is 33.2. The van der Waals surface area contributed by atoms with E-state index in [0.717, 1.165) is 23.7 Å². The molecule has 0 radical (unpaired) electrons. The van der Waals surface area contributed by atoms with E-state index < -0.39 is 0 Å². The first-order chi connectivity index (χ1) is 27.2. The summed E-state index contributed by atoms with van der Waals surface area (Å²) in [4.78, 5) is 5.56. The van der Waals surface area contributed by atoms with Crippen LogP contribution in [0.15, 0.2) is 149 Å². The number of rotatable bonds is 5. The van der Waals surface area contributed by atoms with Crippen molar-refractivity contribution in [3.63, 3.8) is 0 Å². The van der Waals surface area contributed by atoms with Crippen LogP contribution in [-0.2, 0) is 16.2 Å². The van der Waals surface area contributed by atoms with Crippen molar-refractivity contribution >= 4 is 28.8 Å². The molecule has 12 rings (SSSR count). The van der Waals surface area contributed by atoms with Crippen LogP contribution < -0.4 is 4.90 Å². The Hall–Kier alpha value is -4.53. The molecule has 4 saturated carbocycles. The molecule has 6 aromatic carbocycles. The Morgan fingerprint density at radius 2 is 1.16 bits per heavy atom. The lowest BCUT2D eigenvalue weighted by Crippen LogP contribution is -2.74. The molecule has 6 unspecified atom stereocenters. The van der Waals surface area contributed by atoms with E-state index >= 15 is 0 Å². The summed E-state index contributed by atoms with van der Waals surface area (Å²) in [6.07, 6.45) is 8.19. The smallest absolute Gasteiger partial charge is 0.0604 e. The van der Waals surface area contributed by atoms with Crippen molar-refractivity contribution in [1.82, 2.24) is 0 Å². The van der Waals surface area contributed by atoms with Crippen molar-refractivity contribution in [3.8, 4) is 22.3 Å².